The van der Waals surface area contributed by atoms with Crippen LogP contribution in [0.5, 0.6) is 0 Å². The van der Waals surface area contributed by atoms with Gasteiger partial charge in [0.2, 0.25) is 10.0 Å². The van der Waals surface area contributed by atoms with Crippen LogP contribution in [0.3, 0.4) is 0 Å². The van der Waals surface area contributed by atoms with Crippen LogP contribution in [0.4, 0.5) is 13.2 Å². The Morgan fingerprint density at radius 2 is 1.84 bits per heavy atom. The van der Waals surface area contributed by atoms with E-state index < -0.39 is 22.7 Å². The van der Waals surface area contributed by atoms with Crippen molar-refractivity contribution in [1.29, 1.82) is 0 Å². The Kier molecular flexibility index (Phi) is 5.23. The standard InChI is InChI=1S/C11H13ClF3NO2S/c1-2-16(8-11(13,14)15)19(17,18)10-6-4-3-5-9(10)7-12/h3-6H,2,7-8H2,1H3. The summed E-state index contributed by atoms with van der Waals surface area (Å²) in [5, 5.41) is 0. The quantitative estimate of drug-likeness (QED) is 0.783. The molecule has 0 radical (unpaired) electrons. The number of hydrogen-bond donors (Lipinski definition) is 0. The van der Waals surface area contributed by atoms with E-state index in [2.05, 4.69) is 0 Å². The molecule has 0 amide bonds. The molecule has 0 saturated heterocycles. The summed E-state index contributed by atoms with van der Waals surface area (Å²) in [6.07, 6.45) is -4.58. The lowest BCUT2D eigenvalue weighted by molar-refractivity contribution is -0.135. The zero-order valence-electron chi connectivity index (χ0n) is 10.1. The third-order valence-corrected chi connectivity index (χ3v) is 4.75. The van der Waals surface area contributed by atoms with Gasteiger partial charge in [-0.1, -0.05) is 25.1 Å². The van der Waals surface area contributed by atoms with Crippen LogP contribution < -0.4 is 0 Å². The van der Waals surface area contributed by atoms with E-state index in [0.29, 0.717) is 4.31 Å². The lowest BCUT2D eigenvalue weighted by atomic mass is 10.2. The predicted molar refractivity (Wildman–Crippen MR) is 66.5 cm³/mol. The number of alkyl halides is 4. The van der Waals surface area contributed by atoms with Crippen molar-refractivity contribution in [2.75, 3.05) is 13.1 Å². The SMILES string of the molecule is CCN(CC(F)(F)F)S(=O)(=O)c1ccccc1CCl. The van der Waals surface area contributed by atoms with Gasteiger partial charge in [0.25, 0.3) is 0 Å². The van der Waals surface area contributed by atoms with Crippen molar-refractivity contribution < 1.29 is 21.6 Å². The second-order valence-electron chi connectivity index (χ2n) is 3.79. The van der Waals surface area contributed by atoms with Crippen molar-refractivity contribution in [3.8, 4) is 0 Å². The molecule has 0 unspecified atom stereocenters. The lowest BCUT2D eigenvalue weighted by Gasteiger charge is -2.22. The highest BCUT2D eigenvalue weighted by molar-refractivity contribution is 7.89. The maximum atomic E-state index is 12.4. The Bertz CT molecular complexity index is 531. The largest absolute Gasteiger partial charge is 0.402 e. The van der Waals surface area contributed by atoms with Crippen molar-refractivity contribution >= 4 is 21.6 Å². The van der Waals surface area contributed by atoms with Crippen molar-refractivity contribution in [2.45, 2.75) is 23.9 Å². The molecule has 0 aliphatic heterocycles. The number of rotatable bonds is 5. The predicted octanol–water partition coefficient (Wildman–Crippen LogP) is 3.00. The van der Waals surface area contributed by atoms with Gasteiger partial charge in [-0.2, -0.15) is 17.5 Å². The first-order valence-electron chi connectivity index (χ1n) is 5.43. The van der Waals surface area contributed by atoms with Crippen LogP contribution >= 0.6 is 11.6 Å². The third-order valence-electron chi connectivity index (χ3n) is 2.44. The second kappa shape index (κ2) is 6.11. The highest BCUT2D eigenvalue weighted by atomic mass is 35.5. The summed E-state index contributed by atoms with van der Waals surface area (Å²) in [6, 6.07) is 5.76. The van der Waals surface area contributed by atoms with E-state index in [-0.39, 0.29) is 22.9 Å². The molecule has 0 aliphatic carbocycles. The van der Waals surface area contributed by atoms with Crippen molar-refractivity contribution in [2.24, 2.45) is 0 Å². The van der Waals surface area contributed by atoms with Crippen molar-refractivity contribution in [3.63, 3.8) is 0 Å². The van der Waals surface area contributed by atoms with Gasteiger partial charge in [-0.25, -0.2) is 8.42 Å². The number of benzene rings is 1. The topological polar surface area (TPSA) is 37.4 Å². The molecule has 0 bridgehead atoms. The van der Waals surface area contributed by atoms with Gasteiger partial charge in [-0.05, 0) is 11.6 Å². The minimum Gasteiger partial charge on any atom is -0.207 e. The smallest absolute Gasteiger partial charge is 0.207 e. The fourth-order valence-electron chi connectivity index (χ4n) is 1.57. The maximum Gasteiger partial charge on any atom is 0.402 e. The Hall–Kier alpha value is -0.790. The Morgan fingerprint density at radius 3 is 2.32 bits per heavy atom. The first-order valence-corrected chi connectivity index (χ1v) is 7.40. The second-order valence-corrected chi connectivity index (χ2v) is 5.96. The molecule has 0 fully saturated rings. The zero-order chi connectivity index (χ0) is 14.7. The van der Waals surface area contributed by atoms with Gasteiger partial charge in [0.15, 0.2) is 0 Å². The molecule has 0 spiro atoms. The summed E-state index contributed by atoms with van der Waals surface area (Å²) < 4.78 is 61.9. The summed E-state index contributed by atoms with van der Waals surface area (Å²) >= 11 is 5.61. The van der Waals surface area contributed by atoms with Crippen molar-refractivity contribution in [3.05, 3.63) is 29.8 Å². The first-order chi connectivity index (χ1) is 8.72. The van der Waals surface area contributed by atoms with E-state index in [0.717, 1.165) is 0 Å². The highest BCUT2D eigenvalue weighted by Gasteiger charge is 2.36. The van der Waals surface area contributed by atoms with Crippen LogP contribution in [0, 0.1) is 0 Å². The van der Waals surface area contributed by atoms with Crippen LogP contribution in [0.2, 0.25) is 0 Å². The van der Waals surface area contributed by atoms with Gasteiger partial charge in [0, 0.05) is 12.4 Å². The molecule has 108 valence electrons. The highest BCUT2D eigenvalue weighted by Crippen LogP contribution is 2.25. The van der Waals surface area contributed by atoms with Crippen LogP contribution in [0.15, 0.2) is 29.2 Å². The molecule has 0 saturated carbocycles. The summed E-state index contributed by atoms with van der Waals surface area (Å²) in [4.78, 5) is -0.184. The molecule has 0 aliphatic rings. The van der Waals surface area contributed by atoms with Crippen molar-refractivity contribution in [1.82, 2.24) is 4.31 Å². The van der Waals surface area contributed by atoms with Gasteiger partial charge >= 0.3 is 6.18 Å². The number of hydrogen-bond acceptors (Lipinski definition) is 2. The Morgan fingerprint density at radius 1 is 1.26 bits per heavy atom. The van der Waals surface area contributed by atoms with E-state index in [1.165, 1.54) is 25.1 Å². The third kappa shape index (κ3) is 4.09. The molecule has 0 aromatic heterocycles. The molecule has 3 nitrogen and oxygen atoms in total. The summed E-state index contributed by atoms with van der Waals surface area (Å²) in [6.45, 7) is -0.423. The van der Waals surface area contributed by atoms with Gasteiger partial charge in [-0.3, -0.25) is 0 Å². The first kappa shape index (κ1) is 16.3. The normalized spacial score (nSPS) is 12.9. The van der Waals surface area contributed by atoms with Gasteiger partial charge in [0.05, 0.1) is 4.90 Å². The maximum absolute atomic E-state index is 12.4. The molecule has 19 heavy (non-hydrogen) atoms. The molecular formula is C11H13ClF3NO2S. The minimum atomic E-state index is -4.58. The number of halogens is 4. The van der Waals surface area contributed by atoms with Crippen LogP contribution in [-0.4, -0.2) is 32.0 Å². The monoisotopic (exact) mass is 315 g/mol. The Balaban J connectivity index is 3.21. The fourth-order valence-corrected chi connectivity index (χ4v) is 3.54. The molecule has 0 N–H and O–H groups in total. The van der Waals surface area contributed by atoms with E-state index in [1.54, 1.807) is 6.07 Å². The van der Waals surface area contributed by atoms with Gasteiger partial charge < -0.3 is 0 Å². The summed E-state index contributed by atoms with van der Waals surface area (Å²) in [5.74, 6) is -0.0843. The molecular weight excluding hydrogens is 303 g/mol. The van der Waals surface area contributed by atoms with Gasteiger partial charge in [0.1, 0.15) is 6.54 Å². The fraction of sp³-hybridized carbons (Fsp3) is 0.455. The van der Waals surface area contributed by atoms with Crippen LogP contribution in [0.25, 0.3) is 0 Å². The van der Waals surface area contributed by atoms with Crippen LogP contribution in [0.1, 0.15) is 12.5 Å². The van der Waals surface area contributed by atoms with Gasteiger partial charge in [-0.15, -0.1) is 11.6 Å². The molecule has 1 aromatic carbocycles. The molecule has 8 heteroatoms. The van der Waals surface area contributed by atoms with Crippen LogP contribution in [-0.2, 0) is 15.9 Å². The molecule has 1 rings (SSSR count). The Labute approximate surface area is 115 Å². The molecule has 0 atom stereocenters. The minimum absolute atomic E-state index is 0.0843. The van der Waals surface area contributed by atoms with E-state index in [1.807, 2.05) is 0 Å². The van der Waals surface area contributed by atoms with E-state index >= 15 is 0 Å². The number of sulfonamides is 1. The summed E-state index contributed by atoms with van der Waals surface area (Å²) in [7, 11) is -4.20. The molecule has 0 heterocycles. The van der Waals surface area contributed by atoms with E-state index in [9.17, 15) is 21.6 Å². The molecule has 1 aromatic rings. The van der Waals surface area contributed by atoms with E-state index in [4.69, 9.17) is 11.6 Å². The zero-order valence-corrected chi connectivity index (χ0v) is 11.7. The number of nitrogens with zero attached hydrogens (tertiary/aromatic N) is 1. The summed E-state index contributed by atoms with van der Waals surface area (Å²) in [5.41, 5.74) is 0.282. The average molecular weight is 316 g/mol. The lowest BCUT2D eigenvalue weighted by Crippen LogP contribution is -2.39. The average Bonchev–Trinajstić information content (AvgIpc) is 2.34.